The molecule has 0 radical (unpaired) electrons. The van der Waals surface area contributed by atoms with E-state index in [4.69, 9.17) is 4.74 Å². The first kappa shape index (κ1) is 19.9. The zero-order chi connectivity index (χ0) is 17.4. The van der Waals surface area contributed by atoms with Gasteiger partial charge in [0.25, 0.3) is 0 Å². The average molecular weight is 326 g/mol. The quantitative estimate of drug-likeness (QED) is 0.228. The van der Waals surface area contributed by atoms with Gasteiger partial charge in [-0.3, -0.25) is 0 Å². The Balaban J connectivity index is 2.48. The summed E-state index contributed by atoms with van der Waals surface area (Å²) >= 11 is 0. The van der Waals surface area contributed by atoms with Gasteiger partial charge in [0, 0.05) is 0 Å². The third-order valence-electron chi connectivity index (χ3n) is 5.10. The minimum atomic E-state index is -1.01. The molecule has 23 heavy (non-hydrogen) atoms. The molecule has 0 aromatic heterocycles. The van der Waals surface area contributed by atoms with Gasteiger partial charge < -0.3 is 4.74 Å². The van der Waals surface area contributed by atoms with Crippen molar-refractivity contribution < 1.29 is 13.5 Å². The van der Waals surface area contributed by atoms with Crippen molar-refractivity contribution in [1.29, 1.82) is 0 Å². The molecule has 1 fully saturated rings. The molecule has 1 aliphatic rings. The molecule has 132 valence electrons. The zero-order valence-corrected chi connectivity index (χ0v) is 15.0. The van der Waals surface area contributed by atoms with Crippen LogP contribution in [0.2, 0.25) is 0 Å². The maximum atomic E-state index is 14.2. The van der Waals surface area contributed by atoms with Crippen molar-refractivity contribution in [3.05, 3.63) is 36.1 Å². The van der Waals surface area contributed by atoms with Gasteiger partial charge in [0.15, 0.2) is 17.4 Å². The molecule has 0 bridgehead atoms. The summed E-state index contributed by atoms with van der Waals surface area (Å²) in [6, 6.07) is 0. The molecule has 2 atom stereocenters. The highest BCUT2D eigenvalue weighted by molar-refractivity contribution is 5.33. The molecule has 0 heterocycles. The van der Waals surface area contributed by atoms with Crippen molar-refractivity contribution >= 4 is 0 Å². The van der Waals surface area contributed by atoms with Gasteiger partial charge in [0.05, 0.1) is 6.61 Å². The third kappa shape index (κ3) is 6.12. The fraction of sp³-hybridized carbons (Fsp3) is 0.700. The summed E-state index contributed by atoms with van der Waals surface area (Å²) < 4.78 is 33.4. The van der Waals surface area contributed by atoms with E-state index in [0.717, 1.165) is 31.6 Å². The Labute approximate surface area is 140 Å². The second kappa shape index (κ2) is 9.89. The molecule has 0 spiro atoms. The van der Waals surface area contributed by atoms with Crippen molar-refractivity contribution in [1.82, 2.24) is 0 Å². The van der Waals surface area contributed by atoms with E-state index in [9.17, 15) is 8.78 Å². The fourth-order valence-electron chi connectivity index (χ4n) is 2.81. The molecule has 0 amide bonds. The Morgan fingerprint density at radius 2 is 1.78 bits per heavy atom. The van der Waals surface area contributed by atoms with Crippen molar-refractivity contribution in [2.45, 2.75) is 65.7 Å². The van der Waals surface area contributed by atoms with Crippen LogP contribution >= 0.6 is 0 Å². The second-order valence-electron chi connectivity index (χ2n) is 6.93. The van der Waals surface area contributed by atoms with E-state index in [1.807, 2.05) is 13.8 Å². The standard InChI is InChI=1S/C20H32F2O/c1-6-7-13-23-17(5)20(22)19(21)16(4)14(2)11-12-15(3)18-9-8-10-18/h14-15,18H,4-13H2,1-3H3/b20-19-. The van der Waals surface area contributed by atoms with Crippen LogP contribution < -0.4 is 0 Å². The lowest BCUT2D eigenvalue weighted by Gasteiger charge is -2.32. The van der Waals surface area contributed by atoms with Crippen LogP contribution in [0.15, 0.2) is 36.1 Å². The van der Waals surface area contributed by atoms with Crippen molar-refractivity contribution in [2.24, 2.45) is 17.8 Å². The molecule has 0 aromatic rings. The number of ether oxygens (including phenoxy) is 1. The predicted octanol–water partition coefficient (Wildman–Crippen LogP) is 6.88. The molecule has 3 heteroatoms. The van der Waals surface area contributed by atoms with E-state index < -0.39 is 11.7 Å². The highest BCUT2D eigenvalue weighted by Gasteiger charge is 2.25. The lowest BCUT2D eigenvalue weighted by Crippen LogP contribution is -2.20. The molecule has 0 aliphatic heterocycles. The van der Waals surface area contributed by atoms with Crippen LogP contribution in [0.5, 0.6) is 0 Å². The Kier molecular flexibility index (Phi) is 8.57. The number of allylic oxidation sites excluding steroid dienone is 3. The highest BCUT2D eigenvalue weighted by atomic mass is 19.2. The van der Waals surface area contributed by atoms with Crippen LogP contribution in [-0.4, -0.2) is 6.61 Å². The number of rotatable bonds is 11. The minimum absolute atomic E-state index is 0.0771. The van der Waals surface area contributed by atoms with Gasteiger partial charge in [-0.25, -0.2) is 4.39 Å². The number of hydrogen-bond acceptors (Lipinski definition) is 1. The van der Waals surface area contributed by atoms with Gasteiger partial charge in [-0.1, -0.05) is 59.6 Å². The summed E-state index contributed by atoms with van der Waals surface area (Å²) in [4.78, 5) is 0. The molecular formula is C20H32F2O. The van der Waals surface area contributed by atoms with Crippen LogP contribution in [0, 0.1) is 17.8 Å². The molecular weight excluding hydrogens is 294 g/mol. The van der Waals surface area contributed by atoms with Crippen molar-refractivity contribution in [3.63, 3.8) is 0 Å². The summed E-state index contributed by atoms with van der Waals surface area (Å²) in [5.41, 5.74) is 0.212. The largest absolute Gasteiger partial charge is 0.491 e. The number of halogens is 2. The number of unbranched alkanes of at least 4 members (excludes halogenated alkanes) is 1. The molecule has 0 saturated heterocycles. The normalized spacial score (nSPS) is 18.7. The van der Waals surface area contributed by atoms with Crippen molar-refractivity contribution in [3.8, 4) is 0 Å². The van der Waals surface area contributed by atoms with Gasteiger partial charge in [0.1, 0.15) is 0 Å². The highest BCUT2D eigenvalue weighted by Crippen LogP contribution is 2.37. The molecule has 0 aromatic carbocycles. The summed E-state index contributed by atoms with van der Waals surface area (Å²) in [5.74, 6) is -0.748. The predicted molar refractivity (Wildman–Crippen MR) is 93.3 cm³/mol. The first-order valence-electron chi connectivity index (χ1n) is 8.94. The molecule has 1 rings (SSSR count). The van der Waals surface area contributed by atoms with Gasteiger partial charge in [-0.05, 0) is 42.6 Å². The van der Waals surface area contributed by atoms with E-state index in [1.165, 1.54) is 19.3 Å². The fourth-order valence-corrected chi connectivity index (χ4v) is 2.81. The Morgan fingerprint density at radius 1 is 1.13 bits per heavy atom. The monoisotopic (exact) mass is 326 g/mol. The molecule has 2 unspecified atom stereocenters. The molecule has 1 saturated carbocycles. The van der Waals surface area contributed by atoms with Gasteiger partial charge in [-0.2, -0.15) is 4.39 Å². The summed E-state index contributed by atoms with van der Waals surface area (Å²) in [6.07, 6.45) is 7.56. The molecule has 1 aliphatic carbocycles. The Bertz CT molecular complexity index is 435. The Hall–Kier alpha value is -1.12. The molecule has 0 N–H and O–H groups in total. The number of hydrogen-bond donors (Lipinski definition) is 0. The van der Waals surface area contributed by atoms with E-state index in [-0.39, 0.29) is 17.3 Å². The summed E-state index contributed by atoms with van der Waals surface area (Å²) in [7, 11) is 0. The first-order chi connectivity index (χ1) is 10.9. The lowest BCUT2D eigenvalue weighted by atomic mass is 9.74. The van der Waals surface area contributed by atoms with E-state index >= 15 is 0 Å². The van der Waals surface area contributed by atoms with Gasteiger partial charge in [-0.15, -0.1) is 0 Å². The maximum Gasteiger partial charge on any atom is 0.200 e. The van der Waals surface area contributed by atoms with Crippen molar-refractivity contribution in [2.75, 3.05) is 6.61 Å². The van der Waals surface area contributed by atoms with Crippen LogP contribution in [0.4, 0.5) is 8.78 Å². The molecule has 1 nitrogen and oxygen atoms in total. The van der Waals surface area contributed by atoms with E-state index in [0.29, 0.717) is 12.5 Å². The second-order valence-corrected chi connectivity index (χ2v) is 6.93. The zero-order valence-electron chi connectivity index (χ0n) is 15.0. The van der Waals surface area contributed by atoms with Crippen LogP contribution in [0.3, 0.4) is 0 Å². The van der Waals surface area contributed by atoms with Gasteiger partial charge in [0.2, 0.25) is 0 Å². The summed E-state index contributed by atoms with van der Waals surface area (Å²) in [5, 5.41) is 0. The smallest absolute Gasteiger partial charge is 0.200 e. The van der Waals surface area contributed by atoms with Crippen LogP contribution in [0.1, 0.15) is 65.7 Å². The summed E-state index contributed by atoms with van der Waals surface area (Å²) in [6.45, 7) is 13.7. The topological polar surface area (TPSA) is 9.23 Å². The van der Waals surface area contributed by atoms with E-state index in [1.54, 1.807) is 0 Å². The first-order valence-corrected chi connectivity index (χ1v) is 8.94. The van der Waals surface area contributed by atoms with Crippen LogP contribution in [0.25, 0.3) is 0 Å². The van der Waals surface area contributed by atoms with E-state index in [2.05, 4.69) is 20.1 Å². The maximum absolute atomic E-state index is 14.2. The average Bonchev–Trinajstić information content (AvgIpc) is 2.48. The minimum Gasteiger partial charge on any atom is -0.491 e. The Morgan fingerprint density at radius 3 is 2.30 bits per heavy atom. The third-order valence-corrected chi connectivity index (χ3v) is 5.10. The van der Waals surface area contributed by atoms with Crippen LogP contribution in [-0.2, 0) is 4.74 Å². The lowest BCUT2D eigenvalue weighted by molar-refractivity contribution is 0.201. The van der Waals surface area contributed by atoms with Gasteiger partial charge >= 0.3 is 0 Å². The SMILES string of the molecule is C=C(OCCCC)/C(F)=C(/F)C(=C)C(C)CCC(C)C1CCC1.